The molecule has 1 N–H and O–H groups in total. The Labute approximate surface area is 186 Å². The summed E-state index contributed by atoms with van der Waals surface area (Å²) in [6.45, 7) is 3.81. The summed E-state index contributed by atoms with van der Waals surface area (Å²) in [5, 5.41) is 12.3. The van der Waals surface area contributed by atoms with Gasteiger partial charge in [0.25, 0.3) is 5.91 Å². The number of carbonyl (C=O) groups excluding carboxylic acids is 2. The number of amides is 1. The average Bonchev–Trinajstić information content (AvgIpc) is 2.80. The van der Waals surface area contributed by atoms with Crippen LogP contribution in [0.4, 0.5) is 5.69 Å². The molecule has 0 saturated carbocycles. The molecule has 1 amide bonds. The maximum Gasteiger partial charge on any atom is 0.343 e. The van der Waals surface area contributed by atoms with Gasteiger partial charge in [-0.05, 0) is 79.1 Å². The maximum atomic E-state index is 12.6. The molecule has 0 aliphatic heterocycles. The summed E-state index contributed by atoms with van der Waals surface area (Å²) < 4.78 is 10.5. The van der Waals surface area contributed by atoms with Crippen molar-refractivity contribution in [2.45, 2.75) is 13.8 Å². The van der Waals surface area contributed by atoms with Gasteiger partial charge in [0.05, 0.1) is 12.7 Å². The van der Waals surface area contributed by atoms with Crippen LogP contribution in [0.5, 0.6) is 11.5 Å². The van der Waals surface area contributed by atoms with E-state index in [9.17, 15) is 14.9 Å². The Morgan fingerprint density at radius 1 is 0.969 bits per heavy atom. The van der Waals surface area contributed by atoms with Crippen LogP contribution >= 0.6 is 0 Å². The molecule has 3 aromatic carbocycles. The smallest absolute Gasteiger partial charge is 0.343 e. The monoisotopic (exact) mass is 426 g/mol. The largest absolute Gasteiger partial charge is 0.497 e. The van der Waals surface area contributed by atoms with Gasteiger partial charge in [-0.1, -0.05) is 24.3 Å². The minimum atomic E-state index is -0.526. The molecule has 0 aromatic heterocycles. The second-order valence-electron chi connectivity index (χ2n) is 7.13. The van der Waals surface area contributed by atoms with E-state index < -0.39 is 11.9 Å². The number of carbonyl (C=O) groups is 2. The topological polar surface area (TPSA) is 88.4 Å². The lowest BCUT2D eigenvalue weighted by molar-refractivity contribution is -0.112. The highest BCUT2D eigenvalue weighted by Gasteiger charge is 2.12. The summed E-state index contributed by atoms with van der Waals surface area (Å²) >= 11 is 0. The van der Waals surface area contributed by atoms with Crippen LogP contribution in [0.15, 0.2) is 72.3 Å². The first-order chi connectivity index (χ1) is 15.4. The number of nitriles is 1. The molecular weight excluding hydrogens is 404 g/mol. The van der Waals surface area contributed by atoms with E-state index in [4.69, 9.17) is 9.47 Å². The molecule has 6 nitrogen and oxygen atoms in total. The molecule has 3 aromatic rings. The quantitative estimate of drug-likeness (QED) is 0.257. The van der Waals surface area contributed by atoms with Crippen LogP contribution in [0.3, 0.4) is 0 Å². The van der Waals surface area contributed by atoms with Crippen LogP contribution in [0.1, 0.15) is 27.0 Å². The van der Waals surface area contributed by atoms with Crippen molar-refractivity contribution in [2.75, 3.05) is 12.4 Å². The third kappa shape index (κ3) is 5.61. The molecule has 3 rings (SSSR count). The van der Waals surface area contributed by atoms with Crippen LogP contribution in [-0.2, 0) is 4.79 Å². The standard InChI is InChI=1S/C26H22N2O4/c1-17-7-8-18(2)24(13-17)28-25(29)21(16-27)14-19-5-4-6-23(15-19)32-26(30)20-9-11-22(31-3)12-10-20/h4-15H,1-3H3,(H,28,29)/b21-14-. The third-order valence-electron chi connectivity index (χ3n) is 4.71. The van der Waals surface area contributed by atoms with Gasteiger partial charge in [-0.2, -0.15) is 5.26 Å². The molecule has 0 bridgehead atoms. The Kier molecular flexibility index (Phi) is 7.04. The highest BCUT2D eigenvalue weighted by atomic mass is 16.5. The second kappa shape index (κ2) is 10.1. The van der Waals surface area contributed by atoms with Crippen LogP contribution in [0, 0.1) is 25.2 Å². The first kappa shape index (κ1) is 22.3. The number of esters is 1. The van der Waals surface area contributed by atoms with Crippen molar-refractivity contribution in [3.05, 3.63) is 94.6 Å². The molecule has 0 aliphatic carbocycles. The SMILES string of the molecule is COc1ccc(C(=O)Oc2cccc(/C=C(/C#N)C(=O)Nc3cc(C)ccc3C)c2)cc1. The Morgan fingerprint density at radius 2 is 1.72 bits per heavy atom. The molecule has 0 spiro atoms. The van der Waals surface area contributed by atoms with Gasteiger partial charge >= 0.3 is 5.97 Å². The zero-order valence-electron chi connectivity index (χ0n) is 18.0. The fourth-order valence-corrected chi connectivity index (χ4v) is 2.94. The van der Waals surface area contributed by atoms with Crippen molar-refractivity contribution < 1.29 is 19.1 Å². The molecule has 0 heterocycles. The first-order valence-electron chi connectivity index (χ1n) is 9.86. The van der Waals surface area contributed by atoms with E-state index in [0.717, 1.165) is 11.1 Å². The van der Waals surface area contributed by atoms with Crippen molar-refractivity contribution in [3.8, 4) is 17.6 Å². The number of methoxy groups -OCH3 is 1. The van der Waals surface area contributed by atoms with E-state index in [0.29, 0.717) is 28.3 Å². The van der Waals surface area contributed by atoms with E-state index in [2.05, 4.69) is 5.32 Å². The summed E-state index contributed by atoms with van der Waals surface area (Å²) in [5.41, 5.74) is 3.41. The molecule has 0 fully saturated rings. The molecule has 160 valence electrons. The minimum Gasteiger partial charge on any atom is -0.497 e. The number of nitrogens with one attached hydrogen (secondary N) is 1. The lowest BCUT2D eigenvalue weighted by atomic mass is 10.1. The van der Waals surface area contributed by atoms with E-state index in [1.807, 2.05) is 38.1 Å². The average molecular weight is 426 g/mol. The normalized spacial score (nSPS) is 10.8. The van der Waals surface area contributed by atoms with Gasteiger partial charge in [-0.3, -0.25) is 4.79 Å². The van der Waals surface area contributed by atoms with Crippen molar-refractivity contribution in [3.63, 3.8) is 0 Å². The predicted octanol–water partition coefficient (Wildman–Crippen LogP) is 5.08. The van der Waals surface area contributed by atoms with E-state index in [-0.39, 0.29) is 5.57 Å². The van der Waals surface area contributed by atoms with Gasteiger partial charge in [0.2, 0.25) is 0 Å². The number of aryl methyl sites for hydroxylation is 2. The molecular formula is C26H22N2O4. The van der Waals surface area contributed by atoms with Crippen molar-refractivity contribution >= 4 is 23.6 Å². The Hall–Kier alpha value is -4.37. The molecule has 0 atom stereocenters. The third-order valence-corrected chi connectivity index (χ3v) is 4.71. The number of ether oxygens (including phenoxy) is 2. The number of anilines is 1. The zero-order chi connectivity index (χ0) is 23.1. The predicted molar refractivity (Wildman–Crippen MR) is 123 cm³/mol. The van der Waals surface area contributed by atoms with Crippen LogP contribution in [0.25, 0.3) is 6.08 Å². The lowest BCUT2D eigenvalue weighted by Crippen LogP contribution is -2.14. The number of nitrogens with zero attached hydrogens (tertiary/aromatic N) is 1. The molecule has 32 heavy (non-hydrogen) atoms. The van der Waals surface area contributed by atoms with E-state index in [1.165, 1.54) is 6.08 Å². The Bertz CT molecular complexity index is 1220. The Morgan fingerprint density at radius 3 is 2.41 bits per heavy atom. The van der Waals surface area contributed by atoms with Crippen molar-refractivity contribution in [1.82, 2.24) is 0 Å². The van der Waals surface area contributed by atoms with Gasteiger partial charge in [0.15, 0.2) is 0 Å². The summed E-state index contributed by atoms with van der Waals surface area (Å²) in [6, 6.07) is 20.8. The second-order valence-corrected chi connectivity index (χ2v) is 7.13. The fraction of sp³-hybridized carbons (Fsp3) is 0.115. The fourth-order valence-electron chi connectivity index (χ4n) is 2.94. The summed E-state index contributed by atoms with van der Waals surface area (Å²) in [6.07, 6.45) is 1.45. The highest BCUT2D eigenvalue weighted by Crippen LogP contribution is 2.20. The molecule has 0 radical (unpaired) electrons. The maximum absolute atomic E-state index is 12.6. The summed E-state index contributed by atoms with van der Waals surface area (Å²) in [4.78, 5) is 25.0. The Balaban J connectivity index is 1.76. The van der Waals surface area contributed by atoms with Gasteiger partial charge in [-0.25, -0.2) is 4.79 Å². The number of benzene rings is 3. The van der Waals surface area contributed by atoms with Gasteiger partial charge in [-0.15, -0.1) is 0 Å². The molecule has 6 heteroatoms. The first-order valence-corrected chi connectivity index (χ1v) is 9.86. The summed E-state index contributed by atoms with van der Waals surface area (Å²) in [7, 11) is 1.55. The lowest BCUT2D eigenvalue weighted by Gasteiger charge is -2.09. The van der Waals surface area contributed by atoms with Gasteiger partial charge < -0.3 is 14.8 Å². The van der Waals surface area contributed by atoms with E-state index in [1.54, 1.807) is 55.6 Å². The molecule has 0 aliphatic rings. The number of hydrogen-bond donors (Lipinski definition) is 1. The van der Waals surface area contributed by atoms with Gasteiger partial charge in [0, 0.05) is 5.69 Å². The van der Waals surface area contributed by atoms with Crippen LogP contribution < -0.4 is 14.8 Å². The summed E-state index contributed by atoms with van der Waals surface area (Å²) in [5.74, 6) is -0.104. The molecule has 0 saturated heterocycles. The minimum absolute atomic E-state index is 0.0652. The zero-order valence-corrected chi connectivity index (χ0v) is 18.0. The van der Waals surface area contributed by atoms with Gasteiger partial charge in [0.1, 0.15) is 23.1 Å². The van der Waals surface area contributed by atoms with Crippen LogP contribution in [-0.4, -0.2) is 19.0 Å². The van der Waals surface area contributed by atoms with Crippen molar-refractivity contribution in [1.29, 1.82) is 5.26 Å². The highest BCUT2D eigenvalue weighted by molar-refractivity contribution is 6.10. The number of rotatable bonds is 6. The molecule has 0 unspecified atom stereocenters. The van der Waals surface area contributed by atoms with E-state index >= 15 is 0 Å². The number of hydrogen-bond acceptors (Lipinski definition) is 5. The van der Waals surface area contributed by atoms with Crippen LogP contribution in [0.2, 0.25) is 0 Å². The van der Waals surface area contributed by atoms with Crippen molar-refractivity contribution in [2.24, 2.45) is 0 Å².